The highest BCUT2D eigenvalue weighted by molar-refractivity contribution is 5.77. The van der Waals surface area contributed by atoms with Gasteiger partial charge in [0.2, 0.25) is 5.91 Å². The topological polar surface area (TPSA) is 35.6 Å². The number of hydrogen-bond donors (Lipinski definition) is 1. The maximum atomic E-state index is 12.9. The lowest BCUT2D eigenvalue weighted by molar-refractivity contribution is -0.140. The van der Waals surface area contributed by atoms with Gasteiger partial charge in [0.05, 0.1) is 0 Å². The molecule has 2 saturated heterocycles. The van der Waals surface area contributed by atoms with Crippen LogP contribution in [0.3, 0.4) is 0 Å². The molecule has 1 saturated carbocycles. The van der Waals surface area contributed by atoms with Crippen LogP contribution in [0.1, 0.15) is 65.2 Å². The summed E-state index contributed by atoms with van der Waals surface area (Å²) in [6.45, 7) is 10.2. The van der Waals surface area contributed by atoms with E-state index in [1.807, 2.05) is 0 Å². The lowest BCUT2D eigenvalue weighted by atomic mass is 9.86. The van der Waals surface area contributed by atoms with Gasteiger partial charge in [0, 0.05) is 38.1 Å². The Kier molecular flexibility index (Phi) is 6.56. The van der Waals surface area contributed by atoms with E-state index in [4.69, 9.17) is 0 Å². The molecule has 4 heteroatoms. The number of piperidine rings is 1. The van der Waals surface area contributed by atoms with Crippen molar-refractivity contribution in [3.8, 4) is 0 Å². The largest absolute Gasteiger partial charge is 0.335 e. The zero-order valence-corrected chi connectivity index (χ0v) is 15.8. The molecule has 1 aliphatic carbocycles. The molecule has 0 radical (unpaired) electrons. The van der Waals surface area contributed by atoms with E-state index >= 15 is 0 Å². The molecule has 1 amide bonds. The van der Waals surface area contributed by atoms with Gasteiger partial charge in [-0.05, 0) is 64.5 Å². The van der Waals surface area contributed by atoms with Gasteiger partial charge in [0.15, 0.2) is 0 Å². The molecule has 0 bridgehead atoms. The lowest BCUT2D eigenvalue weighted by Gasteiger charge is -2.46. The van der Waals surface area contributed by atoms with Crippen LogP contribution in [0.2, 0.25) is 0 Å². The minimum atomic E-state index is 0.367. The van der Waals surface area contributed by atoms with Crippen LogP contribution in [0.4, 0.5) is 0 Å². The van der Waals surface area contributed by atoms with Crippen molar-refractivity contribution in [1.82, 2.24) is 15.1 Å². The highest BCUT2D eigenvalue weighted by atomic mass is 16.2. The van der Waals surface area contributed by atoms with Crippen LogP contribution in [-0.2, 0) is 4.79 Å². The quantitative estimate of drug-likeness (QED) is 0.858. The lowest BCUT2D eigenvalue weighted by Crippen LogP contribution is -2.59. The number of rotatable bonds is 4. The molecule has 2 atom stereocenters. The van der Waals surface area contributed by atoms with Crippen molar-refractivity contribution in [2.45, 2.75) is 77.3 Å². The summed E-state index contributed by atoms with van der Waals surface area (Å²) in [5, 5.41) is 3.46. The molecule has 0 aromatic carbocycles. The SMILES string of the molecule is C[C@@H]1CN(CC2CCNCC2)C[C@@H](C)N1C(=O)CC1CCCCC1. The second-order valence-corrected chi connectivity index (χ2v) is 8.62. The summed E-state index contributed by atoms with van der Waals surface area (Å²) in [5.74, 6) is 1.91. The molecule has 3 aliphatic rings. The maximum absolute atomic E-state index is 12.9. The molecule has 0 aromatic rings. The molecular formula is C20H37N3O. The van der Waals surface area contributed by atoms with Crippen LogP contribution in [0.5, 0.6) is 0 Å². The fraction of sp³-hybridized carbons (Fsp3) is 0.950. The van der Waals surface area contributed by atoms with Crippen LogP contribution < -0.4 is 5.32 Å². The van der Waals surface area contributed by atoms with Gasteiger partial charge in [-0.3, -0.25) is 9.69 Å². The number of nitrogens with one attached hydrogen (secondary N) is 1. The number of piperazine rings is 1. The second-order valence-electron chi connectivity index (χ2n) is 8.62. The molecular weight excluding hydrogens is 298 g/mol. The predicted octanol–water partition coefficient (Wildman–Crippen LogP) is 2.88. The first-order chi connectivity index (χ1) is 11.6. The number of nitrogens with zero attached hydrogens (tertiary/aromatic N) is 2. The van der Waals surface area contributed by atoms with E-state index < -0.39 is 0 Å². The third-order valence-corrected chi connectivity index (χ3v) is 6.45. The van der Waals surface area contributed by atoms with E-state index in [2.05, 4.69) is 29.0 Å². The fourth-order valence-corrected chi connectivity index (χ4v) is 5.25. The minimum absolute atomic E-state index is 0.367. The Labute approximate surface area is 148 Å². The Hall–Kier alpha value is -0.610. The van der Waals surface area contributed by atoms with Crippen molar-refractivity contribution in [3.05, 3.63) is 0 Å². The third kappa shape index (κ3) is 4.72. The van der Waals surface area contributed by atoms with Crippen LogP contribution in [0.25, 0.3) is 0 Å². The predicted molar refractivity (Wildman–Crippen MR) is 99.0 cm³/mol. The summed E-state index contributed by atoms with van der Waals surface area (Å²) in [5.41, 5.74) is 0. The summed E-state index contributed by atoms with van der Waals surface area (Å²) < 4.78 is 0. The molecule has 0 aromatic heterocycles. The van der Waals surface area contributed by atoms with Gasteiger partial charge in [-0.1, -0.05) is 19.3 Å². The van der Waals surface area contributed by atoms with Crippen molar-refractivity contribution in [1.29, 1.82) is 0 Å². The molecule has 0 spiro atoms. The third-order valence-electron chi connectivity index (χ3n) is 6.45. The Morgan fingerprint density at radius 2 is 1.54 bits per heavy atom. The van der Waals surface area contributed by atoms with Gasteiger partial charge in [-0.25, -0.2) is 0 Å². The Balaban J connectivity index is 1.49. The first-order valence-corrected chi connectivity index (χ1v) is 10.4. The summed E-state index contributed by atoms with van der Waals surface area (Å²) in [6.07, 6.45) is 9.97. The first kappa shape index (κ1) is 18.2. The normalized spacial score (nSPS) is 31.3. The second kappa shape index (κ2) is 8.66. The maximum Gasteiger partial charge on any atom is 0.223 e. The number of amides is 1. The average Bonchev–Trinajstić information content (AvgIpc) is 2.56. The van der Waals surface area contributed by atoms with Gasteiger partial charge < -0.3 is 10.2 Å². The number of carbonyl (C=O) groups is 1. The highest BCUT2D eigenvalue weighted by Crippen LogP contribution is 2.28. The van der Waals surface area contributed by atoms with E-state index in [-0.39, 0.29) is 0 Å². The van der Waals surface area contributed by atoms with Crippen molar-refractivity contribution in [3.63, 3.8) is 0 Å². The molecule has 2 heterocycles. The van der Waals surface area contributed by atoms with E-state index in [1.165, 1.54) is 64.6 Å². The standard InChI is InChI=1S/C20H37N3O/c1-16-13-22(15-19-8-10-21-11-9-19)14-17(2)23(16)20(24)12-18-6-4-3-5-7-18/h16-19,21H,3-15H2,1-2H3/t16-,17-/m1/s1. The number of carbonyl (C=O) groups excluding carboxylic acids is 1. The highest BCUT2D eigenvalue weighted by Gasteiger charge is 2.34. The van der Waals surface area contributed by atoms with Gasteiger partial charge in [-0.2, -0.15) is 0 Å². The molecule has 3 fully saturated rings. The molecule has 2 aliphatic heterocycles. The van der Waals surface area contributed by atoms with Crippen LogP contribution in [0.15, 0.2) is 0 Å². The van der Waals surface area contributed by atoms with Crippen molar-refractivity contribution in [2.75, 3.05) is 32.7 Å². The Bertz CT molecular complexity index is 390. The molecule has 24 heavy (non-hydrogen) atoms. The van der Waals surface area contributed by atoms with Crippen LogP contribution in [0, 0.1) is 11.8 Å². The number of hydrogen-bond acceptors (Lipinski definition) is 3. The zero-order chi connectivity index (χ0) is 16.9. The van der Waals surface area contributed by atoms with Crippen molar-refractivity contribution < 1.29 is 4.79 Å². The van der Waals surface area contributed by atoms with Crippen molar-refractivity contribution in [2.24, 2.45) is 11.8 Å². The van der Waals surface area contributed by atoms with Gasteiger partial charge in [0.1, 0.15) is 0 Å². The fourth-order valence-electron chi connectivity index (χ4n) is 5.25. The summed E-state index contributed by atoms with van der Waals surface area (Å²) >= 11 is 0. The molecule has 4 nitrogen and oxygen atoms in total. The van der Waals surface area contributed by atoms with Gasteiger partial charge in [0.25, 0.3) is 0 Å². The first-order valence-electron chi connectivity index (χ1n) is 10.4. The zero-order valence-electron chi connectivity index (χ0n) is 15.8. The summed E-state index contributed by atoms with van der Waals surface area (Å²) in [7, 11) is 0. The monoisotopic (exact) mass is 335 g/mol. The van der Waals surface area contributed by atoms with Gasteiger partial charge >= 0.3 is 0 Å². The molecule has 0 unspecified atom stereocenters. The molecule has 3 rings (SSSR count). The van der Waals surface area contributed by atoms with Crippen LogP contribution >= 0.6 is 0 Å². The van der Waals surface area contributed by atoms with E-state index in [0.29, 0.717) is 23.9 Å². The average molecular weight is 336 g/mol. The Morgan fingerprint density at radius 1 is 0.917 bits per heavy atom. The van der Waals surface area contributed by atoms with E-state index in [9.17, 15) is 4.79 Å². The molecule has 138 valence electrons. The van der Waals surface area contributed by atoms with Crippen LogP contribution in [-0.4, -0.2) is 60.5 Å². The minimum Gasteiger partial charge on any atom is -0.335 e. The molecule has 1 N–H and O–H groups in total. The van der Waals surface area contributed by atoms with Crippen molar-refractivity contribution >= 4 is 5.91 Å². The smallest absolute Gasteiger partial charge is 0.223 e. The van der Waals surface area contributed by atoms with E-state index in [0.717, 1.165) is 25.4 Å². The van der Waals surface area contributed by atoms with Gasteiger partial charge in [-0.15, -0.1) is 0 Å². The summed E-state index contributed by atoms with van der Waals surface area (Å²) in [6, 6.07) is 0.734. The Morgan fingerprint density at radius 3 is 2.17 bits per heavy atom. The van der Waals surface area contributed by atoms with E-state index in [1.54, 1.807) is 0 Å². The summed E-state index contributed by atoms with van der Waals surface area (Å²) in [4.78, 5) is 17.7.